The molecule has 6 aromatic rings. The van der Waals surface area contributed by atoms with Gasteiger partial charge in [-0.05, 0) is 45.5 Å². The first-order valence-electron chi connectivity index (χ1n) is 13.3. The third-order valence-corrected chi connectivity index (χ3v) is 7.96. The number of aromatic nitrogens is 2. The molecule has 0 radical (unpaired) electrons. The molecule has 1 aliphatic carbocycles. The van der Waals surface area contributed by atoms with Gasteiger partial charge in [0.25, 0.3) is 0 Å². The number of benzene rings is 4. The average molecular weight is 519 g/mol. The number of hydrogen-bond acceptors (Lipinski definition) is 4. The SMILES string of the molecule is O[C@]1(c2ccc(-c3ccccc3)cc2)c2cccnc2-c2ncccc2[C@]1(O)c1ccc(-c2ccccc2)cc1. The molecule has 4 heteroatoms. The number of rotatable bonds is 4. The number of hydrogen-bond donors (Lipinski definition) is 2. The van der Waals surface area contributed by atoms with E-state index in [2.05, 4.69) is 34.2 Å². The van der Waals surface area contributed by atoms with Crippen molar-refractivity contribution in [1.29, 1.82) is 0 Å². The third kappa shape index (κ3) is 3.54. The summed E-state index contributed by atoms with van der Waals surface area (Å²) in [4.78, 5) is 9.25. The van der Waals surface area contributed by atoms with Crippen LogP contribution < -0.4 is 0 Å². The predicted molar refractivity (Wildman–Crippen MR) is 157 cm³/mol. The minimum atomic E-state index is -1.85. The van der Waals surface area contributed by atoms with Crippen molar-refractivity contribution in [2.24, 2.45) is 0 Å². The third-order valence-electron chi connectivity index (χ3n) is 7.96. The van der Waals surface area contributed by atoms with E-state index in [1.54, 1.807) is 24.5 Å². The smallest absolute Gasteiger partial charge is 0.154 e. The first kappa shape index (κ1) is 24.2. The van der Waals surface area contributed by atoms with Gasteiger partial charge in [0.2, 0.25) is 0 Å². The van der Waals surface area contributed by atoms with E-state index in [0.717, 1.165) is 22.3 Å². The first-order chi connectivity index (χ1) is 19.6. The molecule has 192 valence electrons. The largest absolute Gasteiger partial charge is 0.376 e. The highest BCUT2D eigenvalue weighted by Crippen LogP contribution is 2.56. The number of nitrogens with zero attached hydrogens (tertiary/aromatic N) is 2. The summed E-state index contributed by atoms with van der Waals surface area (Å²) in [5, 5.41) is 25.9. The molecule has 1 aliphatic rings. The second-order valence-electron chi connectivity index (χ2n) is 10.1. The lowest BCUT2D eigenvalue weighted by atomic mass is 9.62. The summed E-state index contributed by atoms with van der Waals surface area (Å²) in [5.41, 5.74) is 3.73. The molecule has 0 saturated carbocycles. The fraction of sp³-hybridized carbons (Fsp3) is 0.0556. The predicted octanol–water partition coefficient (Wildman–Crippen LogP) is 6.96. The zero-order chi connectivity index (χ0) is 27.2. The van der Waals surface area contributed by atoms with Crippen molar-refractivity contribution in [2.75, 3.05) is 0 Å². The molecule has 0 saturated heterocycles. The van der Waals surface area contributed by atoms with Crippen LogP contribution in [0.3, 0.4) is 0 Å². The fourth-order valence-electron chi connectivity index (χ4n) is 5.96. The van der Waals surface area contributed by atoms with Crippen molar-refractivity contribution in [2.45, 2.75) is 11.2 Å². The molecule has 7 rings (SSSR count). The van der Waals surface area contributed by atoms with Crippen LogP contribution in [0.5, 0.6) is 0 Å². The van der Waals surface area contributed by atoms with E-state index in [9.17, 15) is 10.2 Å². The Morgan fingerprint density at radius 3 is 1.10 bits per heavy atom. The lowest BCUT2D eigenvalue weighted by Gasteiger charge is -2.48. The van der Waals surface area contributed by atoms with E-state index < -0.39 is 11.2 Å². The maximum absolute atomic E-state index is 12.9. The van der Waals surface area contributed by atoms with Crippen molar-refractivity contribution in [3.63, 3.8) is 0 Å². The van der Waals surface area contributed by atoms with E-state index in [-0.39, 0.29) is 0 Å². The zero-order valence-corrected chi connectivity index (χ0v) is 21.6. The monoisotopic (exact) mass is 518 g/mol. The van der Waals surface area contributed by atoms with E-state index in [1.165, 1.54) is 0 Å². The maximum Gasteiger partial charge on any atom is 0.154 e. The molecule has 0 aliphatic heterocycles. The normalized spacial score (nSPS) is 19.4. The van der Waals surface area contributed by atoms with Gasteiger partial charge in [-0.1, -0.05) is 121 Å². The molecule has 2 heterocycles. The standard InChI is InChI=1S/C36H26N2O2/c39-35(29-19-15-27(16-20-29)25-9-3-1-4-10-25)31-13-7-23-37-33(31)34-32(14-8-24-38-34)36(35,40)30-21-17-28(18-22-30)26-11-5-2-6-12-26/h1-24,39-40H/t35-,36-/m1/s1. The summed E-state index contributed by atoms with van der Waals surface area (Å²) in [5.74, 6) is 0. The summed E-state index contributed by atoms with van der Waals surface area (Å²) in [6.45, 7) is 0. The summed E-state index contributed by atoms with van der Waals surface area (Å²) in [6, 6.07) is 42.9. The average Bonchev–Trinajstić information content (AvgIpc) is 3.04. The fourth-order valence-corrected chi connectivity index (χ4v) is 5.96. The van der Waals surface area contributed by atoms with Gasteiger partial charge < -0.3 is 10.2 Å². The molecule has 2 aromatic heterocycles. The van der Waals surface area contributed by atoms with Crippen molar-refractivity contribution in [1.82, 2.24) is 9.97 Å². The molecule has 4 aromatic carbocycles. The van der Waals surface area contributed by atoms with E-state index in [1.807, 2.05) is 97.1 Å². The van der Waals surface area contributed by atoms with Crippen LogP contribution in [0, 0.1) is 0 Å². The summed E-state index contributed by atoms with van der Waals surface area (Å²) in [6.07, 6.45) is 3.38. The second kappa shape index (κ2) is 9.38. The lowest BCUT2D eigenvalue weighted by Crippen LogP contribution is -2.53. The van der Waals surface area contributed by atoms with Crippen LogP contribution in [0.15, 0.2) is 146 Å². The zero-order valence-electron chi connectivity index (χ0n) is 21.6. The Morgan fingerprint density at radius 1 is 0.375 bits per heavy atom. The quantitative estimate of drug-likeness (QED) is 0.265. The van der Waals surface area contributed by atoms with Crippen LogP contribution in [0.1, 0.15) is 22.3 Å². The van der Waals surface area contributed by atoms with Crippen molar-refractivity contribution in [3.05, 3.63) is 168 Å². The number of fused-ring (bicyclic) bond motifs is 3. The highest BCUT2D eigenvalue weighted by molar-refractivity contribution is 5.75. The summed E-state index contributed by atoms with van der Waals surface area (Å²) >= 11 is 0. The van der Waals surface area contributed by atoms with E-state index in [0.29, 0.717) is 33.6 Å². The Balaban J connectivity index is 1.46. The van der Waals surface area contributed by atoms with Gasteiger partial charge >= 0.3 is 0 Å². The molecular formula is C36H26N2O2. The lowest BCUT2D eigenvalue weighted by molar-refractivity contribution is -0.114. The number of aliphatic hydroxyl groups is 2. The van der Waals surface area contributed by atoms with Gasteiger partial charge in [0.05, 0.1) is 11.4 Å². The first-order valence-corrected chi connectivity index (χ1v) is 13.3. The van der Waals surface area contributed by atoms with Gasteiger partial charge in [-0.3, -0.25) is 9.97 Å². The van der Waals surface area contributed by atoms with E-state index in [4.69, 9.17) is 0 Å². The van der Waals surface area contributed by atoms with Gasteiger partial charge in [-0.2, -0.15) is 0 Å². The topological polar surface area (TPSA) is 66.2 Å². The number of pyridine rings is 2. The Hall–Kier alpha value is -4.90. The Bertz CT molecular complexity index is 1670. The molecule has 0 spiro atoms. The van der Waals surface area contributed by atoms with Gasteiger partial charge in [-0.15, -0.1) is 0 Å². The van der Waals surface area contributed by atoms with Gasteiger partial charge in [0, 0.05) is 23.5 Å². The molecule has 0 bridgehead atoms. The van der Waals surface area contributed by atoms with Crippen molar-refractivity contribution in [3.8, 4) is 33.6 Å². The highest BCUT2D eigenvalue weighted by atomic mass is 16.4. The highest BCUT2D eigenvalue weighted by Gasteiger charge is 2.59. The minimum absolute atomic E-state index is 0.503. The van der Waals surface area contributed by atoms with Crippen LogP contribution in [-0.4, -0.2) is 20.2 Å². The maximum atomic E-state index is 12.9. The second-order valence-corrected chi connectivity index (χ2v) is 10.1. The van der Waals surface area contributed by atoms with Crippen LogP contribution in [0.2, 0.25) is 0 Å². The van der Waals surface area contributed by atoms with Crippen molar-refractivity contribution < 1.29 is 10.2 Å². The Labute approximate surface area is 232 Å². The Morgan fingerprint density at radius 2 is 0.725 bits per heavy atom. The minimum Gasteiger partial charge on any atom is -0.376 e. The molecule has 2 atom stereocenters. The molecule has 2 N–H and O–H groups in total. The van der Waals surface area contributed by atoms with E-state index >= 15 is 0 Å². The van der Waals surface area contributed by atoms with Crippen LogP contribution in [0.25, 0.3) is 33.6 Å². The van der Waals surface area contributed by atoms with Gasteiger partial charge in [0.1, 0.15) is 0 Å². The summed E-state index contributed by atoms with van der Waals surface area (Å²) < 4.78 is 0. The molecule has 0 fully saturated rings. The van der Waals surface area contributed by atoms with Gasteiger partial charge in [-0.25, -0.2) is 0 Å². The molecule has 0 amide bonds. The molecule has 4 nitrogen and oxygen atoms in total. The van der Waals surface area contributed by atoms with Crippen LogP contribution in [0.4, 0.5) is 0 Å². The molecular weight excluding hydrogens is 492 g/mol. The van der Waals surface area contributed by atoms with Crippen molar-refractivity contribution >= 4 is 0 Å². The van der Waals surface area contributed by atoms with Crippen LogP contribution in [-0.2, 0) is 11.2 Å². The Kier molecular flexibility index (Phi) is 5.67. The van der Waals surface area contributed by atoms with Gasteiger partial charge in [0.15, 0.2) is 11.2 Å². The molecule has 0 unspecified atom stereocenters. The molecule has 40 heavy (non-hydrogen) atoms. The van der Waals surface area contributed by atoms with Crippen LogP contribution >= 0.6 is 0 Å². The summed E-state index contributed by atoms with van der Waals surface area (Å²) in [7, 11) is 0.